The van der Waals surface area contributed by atoms with E-state index in [2.05, 4.69) is 10.6 Å². The van der Waals surface area contributed by atoms with Crippen LogP contribution in [0.25, 0.3) is 0 Å². The van der Waals surface area contributed by atoms with E-state index in [0.717, 1.165) is 5.56 Å². The first-order valence-corrected chi connectivity index (χ1v) is 6.93. The van der Waals surface area contributed by atoms with Gasteiger partial charge in [-0.05, 0) is 24.6 Å². The summed E-state index contributed by atoms with van der Waals surface area (Å²) in [4.78, 5) is 24.0. The van der Waals surface area contributed by atoms with Crippen molar-refractivity contribution < 1.29 is 14.3 Å². The van der Waals surface area contributed by atoms with Gasteiger partial charge in [0.25, 0.3) is 0 Å². The molecule has 0 radical (unpaired) electrons. The summed E-state index contributed by atoms with van der Waals surface area (Å²) >= 11 is 0. The van der Waals surface area contributed by atoms with E-state index >= 15 is 0 Å². The van der Waals surface area contributed by atoms with Crippen molar-refractivity contribution in [3.05, 3.63) is 29.8 Å². The third kappa shape index (κ3) is 5.55. The van der Waals surface area contributed by atoms with Crippen LogP contribution in [0, 0.1) is 5.41 Å². The van der Waals surface area contributed by atoms with Crippen molar-refractivity contribution in [3.63, 3.8) is 0 Å². The van der Waals surface area contributed by atoms with Crippen LogP contribution in [0.1, 0.15) is 33.3 Å². The number of hydrogen-bond donors (Lipinski definition) is 2. The average Bonchev–Trinajstić information content (AvgIpc) is 2.38. The molecule has 5 heteroatoms. The van der Waals surface area contributed by atoms with Gasteiger partial charge in [0.05, 0.1) is 6.61 Å². The number of benzene rings is 1. The lowest BCUT2D eigenvalue weighted by Gasteiger charge is -2.21. The lowest BCUT2D eigenvalue weighted by molar-refractivity contribution is -0.131. The van der Waals surface area contributed by atoms with Crippen LogP contribution in [0.3, 0.4) is 0 Å². The third-order valence-corrected chi connectivity index (χ3v) is 2.93. The zero-order valence-corrected chi connectivity index (χ0v) is 13.3. The van der Waals surface area contributed by atoms with E-state index in [9.17, 15) is 9.59 Å². The Balaban J connectivity index is 2.64. The summed E-state index contributed by atoms with van der Waals surface area (Å²) in [5.41, 5.74) is 1.14. The molecule has 1 aromatic rings. The Morgan fingerprint density at radius 2 is 1.95 bits per heavy atom. The number of carbonyl (C=O) groups is 2. The van der Waals surface area contributed by atoms with Gasteiger partial charge in [0.2, 0.25) is 11.8 Å². The molecule has 0 fully saturated rings. The lowest BCUT2D eigenvalue weighted by atomic mass is 9.95. The quantitative estimate of drug-likeness (QED) is 0.875. The highest BCUT2D eigenvalue weighted by Gasteiger charge is 2.25. The molecule has 0 saturated heterocycles. The number of anilines is 1. The molecule has 5 nitrogen and oxygen atoms in total. The van der Waals surface area contributed by atoms with Crippen LogP contribution < -0.4 is 10.6 Å². The fourth-order valence-corrected chi connectivity index (χ4v) is 1.63. The summed E-state index contributed by atoms with van der Waals surface area (Å²) < 4.78 is 5.06. The van der Waals surface area contributed by atoms with Crippen molar-refractivity contribution in [3.8, 4) is 0 Å². The Labute approximate surface area is 126 Å². The van der Waals surface area contributed by atoms with Gasteiger partial charge < -0.3 is 15.4 Å². The molecule has 2 amide bonds. The molecular formula is C16H24N2O3. The molecule has 0 spiro atoms. The van der Waals surface area contributed by atoms with Crippen molar-refractivity contribution in [2.45, 2.75) is 40.3 Å². The molecule has 0 saturated carbocycles. The minimum absolute atomic E-state index is 0.154. The molecule has 0 aliphatic heterocycles. The summed E-state index contributed by atoms with van der Waals surface area (Å²) in [7, 11) is 1.62. The molecular weight excluding hydrogens is 268 g/mol. The van der Waals surface area contributed by atoms with Crippen LogP contribution in [0.2, 0.25) is 0 Å². The van der Waals surface area contributed by atoms with E-state index in [4.69, 9.17) is 4.74 Å². The molecule has 0 aromatic heterocycles. The number of ether oxygens (including phenoxy) is 1. The second-order valence-electron chi connectivity index (χ2n) is 6.07. The lowest BCUT2D eigenvalue weighted by Crippen LogP contribution is -2.46. The Morgan fingerprint density at radius 3 is 2.52 bits per heavy atom. The Hall–Kier alpha value is -1.88. The van der Waals surface area contributed by atoms with Crippen LogP contribution in [-0.4, -0.2) is 25.0 Å². The highest BCUT2D eigenvalue weighted by Crippen LogP contribution is 2.14. The summed E-state index contributed by atoms with van der Waals surface area (Å²) in [6, 6.07) is 6.82. The predicted molar refractivity (Wildman–Crippen MR) is 82.8 cm³/mol. The maximum absolute atomic E-state index is 12.1. The zero-order chi connectivity index (χ0) is 16.0. The van der Waals surface area contributed by atoms with Gasteiger partial charge in [-0.25, -0.2) is 0 Å². The largest absolute Gasteiger partial charge is 0.380 e. The van der Waals surface area contributed by atoms with Crippen LogP contribution in [-0.2, 0) is 20.9 Å². The maximum Gasteiger partial charge on any atom is 0.246 e. The van der Waals surface area contributed by atoms with Gasteiger partial charge in [0.15, 0.2) is 0 Å². The standard InChI is InChI=1S/C16H24N2O3/c1-11(17-15(20)16(2,3)4)14(19)18-13-8-6-7-12(9-13)10-21-5/h6-9,11H,10H2,1-5H3,(H,17,20)(H,18,19). The zero-order valence-electron chi connectivity index (χ0n) is 13.3. The number of carbonyl (C=O) groups excluding carboxylic acids is 2. The van der Waals surface area contributed by atoms with Crippen molar-refractivity contribution in [2.75, 3.05) is 12.4 Å². The van der Waals surface area contributed by atoms with E-state index in [1.165, 1.54) is 0 Å². The molecule has 0 bridgehead atoms. The second-order valence-corrected chi connectivity index (χ2v) is 6.07. The van der Waals surface area contributed by atoms with Gasteiger partial charge in [0, 0.05) is 18.2 Å². The van der Waals surface area contributed by atoms with E-state index in [1.807, 2.05) is 18.2 Å². The van der Waals surface area contributed by atoms with E-state index in [0.29, 0.717) is 12.3 Å². The normalized spacial score (nSPS) is 12.6. The molecule has 0 heterocycles. The van der Waals surface area contributed by atoms with E-state index in [1.54, 1.807) is 40.9 Å². The van der Waals surface area contributed by atoms with Crippen LogP contribution in [0.4, 0.5) is 5.69 Å². The molecule has 1 atom stereocenters. The number of amides is 2. The van der Waals surface area contributed by atoms with Gasteiger partial charge >= 0.3 is 0 Å². The van der Waals surface area contributed by atoms with Gasteiger partial charge in [-0.1, -0.05) is 32.9 Å². The molecule has 21 heavy (non-hydrogen) atoms. The number of nitrogens with one attached hydrogen (secondary N) is 2. The summed E-state index contributed by atoms with van der Waals surface area (Å²) in [6.07, 6.45) is 0. The van der Waals surface area contributed by atoms with Crippen LogP contribution in [0.15, 0.2) is 24.3 Å². The molecule has 1 rings (SSSR count). The molecule has 2 N–H and O–H groups in total. The fourth-order valence-electron chi connectivity index (χ4n) is 1.63. The van der Waals surface area contributed by atoms with Crippen molar-refractivity contribution in [2.24, 2.45) is 5.41 Å². The SMILES string of the molecule is COCc1cccc(NC(=O)C(C)NC(=O)C(C)(C)C)c1. The Kier molecular flexibility index (Phi) is 5.90. The van der Waals surface area contributed by atoms with Crippen LogP contribution >= 0.6 is 0 Å². The third-order valence-electron chi connectivity index (χ3n) is 2.93. The molecule has 1 unspecified atom stereocenters. The first-order chi connectivity index (χ1) is 9.74. The van der Waals surface area contributed by atoms with Gasteiger partial charge in [-0.2, -0.15) is 0 Å². The highest BCUT2D eigenvalue weighted by atomic mass is 16.5. The summed E-state index contributed by atoms with van der Waals surface area (Å²) in [5, 5.41) is 5.49. The second kappa shape index (κ2) is 7.22. The maximum atomic E-state index is 12.1. The van der Waals surface area contributed by atoms with E-state index in [-0.39, 0.29) is 11.8 Å². The topological polar surface area (TPSA) is 67.4 Å². The monoisotopic (exact) mass is 292 g/mol. The van der Waals surface area contributed by atoms with Crippen molar-refractivity contribution in [1.82, 2.24) is 5.32 Å². The smallest absolute Gasteiger partial charge is 0.246 e. The predicted octanol–water partition coefficient (Wildman–Crippen LogP) is 2.32. The number of rotatable bonds is 5. The first-order valence-electron chi connectivity index (χ1n) is 6.93. The van der Waals surface area contributed by atoms with Crippen LogP contribution in [0.5, 0.6) is 0 Å². The Bertz CT molecular complexity index is 506. The first kappa shape index (κ1) is 17.2. The average molecular weight is 292 g/mol. The Morgan fingerprint density at radius 1 is 1.29 bits per heavy atom. The molecule has 116 valence electrons. The minimum atomic E-state index is -0.595. The number of methoxy groups -OCH3 is 1. The fraction of sp³-hybridized carbons (Fsp3) is 0.500. The highest BCUT2D eigenvalue weighted by molar-refractivity contribution is 5.97. The van der Waals surface area contributed by atoms with Crippen molar-refractivity contribution in [1.29, 1.82) is 0 Å². The van der Waals surface area contributed by atoms with E-state index < -0.39 is 11.5 Å². The van der Waals surface area contributed by atoms with Gasteiger partial charge in [-0.3, -0.25) is 9.59 Å². The van der Waals surface area contributed by atoms with Gasteiger partial charge in [-0.15, -0.1) is 0 Å². The molecule has 1 aromatic carbocycles. The molecule has 0 aliphatic rings. The minimum Gasteiger partial charge on any atom is -0.380 e. The summed E-state index contributed by atoms with van der Waals surface area (Å²) in [5.74, 6) is -0.402. The number of hydrogen-bond acceptors (Lipinski definition) is 3. The van der Waals surface area contributed by atoms with Crippen molar-refractivity contribution >= 4 is 17.5 Å². The summed E-state index contributed by atoms with van der Waals surface area (Å²) in [6.45, 7) is 7.57. The molecule has 0 aliphatic carbocycles. The van der Waals surface area contributed by atoms with Gasteiger partial charge in [0.1, 0.15) is 6.04 Å².